The molecule has 3 heteroatoms. The summed E-state index contributed by atoms with van der Waals surface area (Å²) in [6.45, 7) is 1.91. The second kappa shape index (κ2) is 3.23. The Labute approximate surface area is 92.6 Å². The minimum absolute atomic E-state index is 0.192. The van der Waals surface area contributed by atoms with E-state index in [-0.39, 0.29) is 5.97 Å². The van der Waals surface area contributed by atoms with Crippen LogP contribution in [0.25, 0.3) is 11.3 Å². The van der Waals surface area contributed by atoms with E-state index in [0.717, 1.165) is 22.6 Å². The van der Waals surface area contributed by atoms with E-state index in [1.54, 1.807) is 0 Å². The molecule has 0 unspecified atom stereocenters. The van der Waals surface area contributed by atoms with Crippen molar-refractivity contribution in [2.24, 2.45) is 0 Å². The van der Waals surface area contributed by atoms with Crippen molar-refractivity contribution in [3.8, 4) is 17.1 Å². The van der Waals surface area contributed by atoms with Crippen molar-refractivity contribution in [3.05, 3.63) is 41.7 Å². The van der Waals surface area contributed by atoms with E-state index in [1.165, 1.54) is 0 Å². The first-order valence-electron chi connectivity index (χ1n) is 5.13. The van der Waals surface area contributed by atoms with Crippen LogP contribution in [-0.2, 0) is 11.2 Å². The number of carbonyl (C=O) groups excluding carboxylic acids is 1. The summed E-state index contributed by atoms with van der Waals surface area (Å²) < 4.78 is 10.6. The van der Waals surface area contributed by atoms with Crippen molar-refractivity contribution in [3.63, 3.8) is 0 Å². The predicted octanol–water partition coefficient (Wildman–Crippen LogP) is 2.72. The summed E-state index contributed by atoms with van der Waals surface area (Å²) >= 11 is 0. The lowest BCUT2D eigenvalue weighted by Crippen LogP contribution is -1.99. The summed E-state index contributed by atoms with van der Waals surface area (Å²) in [7, 11) is 0. The highest BCUT2D eigenvalue weighted by atomic mass is 16.5. The van der Waals surface area contributed by atoms with Gasteiger partial charge in [0, 0.05) is 11.1 Å². The minimum Gasteiger partial charge on any atom is -0.461 e. The average molecular weight is 214 g/mol. The lowest BCUT2D eigenvalue weighted by molar-refractivity contribution is -0.131. The molecule has 1 aromatic heterocycles. The van der Waals surface area contributed by atoms with Crippen LogP contribution in [-0.4, -0.2) is 5.97 Å². The lowest BCUT2D eigenvalue weighted by atomic mass is 10.1. The van der Waals surface area contributed by atoms with Gasteiger partial charge in [0.15, 0.2) is 0 Å². The molecule has 1 aliphatic rings. The molecule has 3 rings (SSSR count). The van der Waals surface area contributed by atoms with Crippen molar-refractivity contribution in [1.29, 1.82) is 0 Å². The Morgan fingerprint density at radius 1 is 1.19 bits per heavy atom. The molecule has 16 heavy (non-hydrogen) atoms. The highest BCUT2D eigenvalue weighted by molar-refractivity contribution is 5.82. The Bertz CT molecular complexity index is 566. The molecule has 0 fully saturated rings. The van der Waals surface area contributed by atoms with Crippen LogP contribution in [0.4, 0.5) is 0 Å². The van der Waals surface area contributed by atoms with E-state index in [9.17, 15) is 4.79 Å². The van der Waals surface area contributed by atoms with E-state index in [2.05, 4.69) is 0 Å². The Hall–Kier alpha value is -2.03. The second-order valence-electron chi connectivity index (χ2n) is 3.88. The monoisotopic (exact) mass is 214 g/mol. The summed E-state index contributed by atoms with van der Waals surface area (Å²) in [5.41, 5.74) is 1.90. The van der Waals surface area contributed by atoms with Crippen molar-refractivity contribution in [2.75, 3.05) is 0 Å². The topological polar surface area (TPSA) is 39.4 Å². The quantitative estimate of drug-likeness (QED) is 0.541. The van der Waals surface area contributed by atoms with Crippen molar-refractivity contribution < 1.29 is 13.9 Å². The first-order valence-corrected chi connectivity index (χ1v) is 5.13. The molecule has 80 valence electrons. The van der Waals surface area contributed by atoms with Crippen molar-refractivity contribution >= 4 is 5.97 Å². The number of hydrogen-bond donors (Lipinski definition) is 0. The number of hydrogen-bond acceptors (Lipinski definition) is 3. The highest BCUT2D eigenvalue weighted by Crippen LogP contribution is 2.31. The lowest BCUT2D eigenvalue weighted by Gasteiger charge is -2.00. The maximum atomic E-state index is 11.1. The number of ether oxygens (including phenoxy) is 1. The van der Waals surface area contributed by atoms with Gasteiger partial charge in [-0.3, -0.25) is 4.79 Å². The van der Waals surface area contributed by atoms with Gasteiger partial charge in [0.1, 0.15) is 17.3 Å². The van der Waals surface area contributed by atoms with Crippen LogP contribution in [0.3, 0.4) is 0 Å². The predicted molar refractivity (Wildman–Crippen MR) is 58.2 cm³/mol. The fraction of sp³-hybridized carbons (Fsp3) is 0.154. The molecule has 0 spiro atoms. The molecule has 0 N–H and O–H groups in total. The number of fused-ring (bicyclic) bond motifs is 1. The molecule has 0 amide bonds. The molecule has 0 radical (unpaired) electrons. The van der Waals surface area contributed by atoms with E-state index >= 15 is 0 Å². The van der Waals surface area contributed by atoms with Crippen molar-refractivity contribution in [2.45, 2.75) is 13.3 Å². The van der Waals surface area contributed by atoms with Gasteiger partial charge in [-0.05, 0) is 37.3 Å². The Morgan fingerprint density at radius 2 is 2.06 bits per heavy atom. The van der Waals surface area contributed by atoms with Gasteiger partial charge in [0.2, 0.25) is 0 Å². The third kappa shape index (κ3) is 1.41. The molecule has 1 aromatic carbocycles. The van der Waals surface area contributed by atoms with E-state index in [4.69, 9.17) is 9.15 Å². The molecule has 1 aliphatic heterocycles. The third-order valence-corrected chi connectivity index (χ3v) is 2.64. The van der Waals surface area contributed by atoms with Gasteiger partial charge in [-0.1, -0.05) is 0 Å². The smallest absolute Gasteiger partial charge is 0.315 e. The molecule has 2 aromatic rings. The van der Waals surface area contributed by atoms with Crippen LogP contribution in [0.5, 0.6) is 5.75 Å². The summed E-state index contributed by atoms with van der Waals surface area (Å²) in [4.78, 5) is 11.1. The molecular weight excluding hydrogens is 204 g/mol. The van der Waals surface area contributed by atoms with Crippen molar-refractivity contribution in [1.82, 2.24) is 0 Å². The van der Waals surface area contributed by atoms with Crippen LogP contribution in [0, 0.1) is 6.92 Å². The summed E-state index contributed by atoms with van der Waals surface area (Å²) in [5.74, 6) is 2.17. The number of furan rings is 1. The molecule has 3 nitrogen and oxygen atoms in total. The van der Waals surface area contributed by atoms with Crippen LogP contribution in [0.15, 0.2) is 34.7 Å². The largest absolute Gasteiger partial charge is 0.461 e. The van der Waals surface area contributed by atoms with Gasteiger partial charge < -0.3 is 9.15 Å². The Balaban J connectivity index is 2.05. The zero-order valence-electron chi connectivity index (χ0n) is 8.82. The Morgan fingerprint density at radius 3 is 2.81 bits per heavy atom. The number of esters is 1. The Kier molecular flexibility index (Phi) is 1.86. The van der Waals surface area contributed by atoms with Crippen LogP contribution >= 0.6 is 0 Å². The van der Waals surface area contributed by atoms with Crippen LogP contribution < -0.4 is 4.74 Å². The third-order valence-electron chi connectivity index (χ3n) is 2.64. The fourth-order valence-corrected chi connectivity index (χ4v) is 1.87. The van der Waals surface area contributed by atoms with Gasteiger partial charge >= 0.3 is 5.97 Å². The minimum atomic E-state index is -0.192. The first-order chi connectivity index (χ1) is 7.72. The molecule has 0 saturated carbocycles. The number of rotatable bonds is 1. The number of carbonyl (C=O) groups is 1. The molecule has 0 atom stereocenters. The van der Waals surface area contributed by atoms with Gasteiger partial charge in [-0.25, -0.2) is 0 Å². The summed E-state index contributed by atoms with van der Waals surface area (Å²) in [5, 5.41) is 0. The second-order valence-corrected chi connectivity index (χ2v) is 3.88. The summed E-state index contributed by atoms with van der Waals surface area (Å²) in [6.07, 6.45) is 0.350. The van der Waals surface area contributed by atoms with Gasteiger partial charge in [0.25, 0.3) is 0 Å². The van der Waals surface area contributed by atoms with Crippen LogP contribution in [0.1, 0.15) is 11.3 Å². The summed E-state index contributed by atoms with van der Waals surface area (Å²) in [6, 6.07) is 9.50. The standard InChI is InChI=1S/C13H10O3/c1-8-2-4-11(15-8)9-3-5-12-10(6-9)7-13(14)16-12/h2-6H,7H2,1H3. The normalized spacial score (nSPS) is 13.7. The zero-order chi connectivity index (χ0) is 11.1. The van der Waals surface area contributed by atoms with Gasteiger partial charge in [-0.15, -0.1) is 0 Å². The molecule has 2 heterocycles. The highest BCUT2D eigenvalue weighted by Gasteiger charge is 2.20. The maximum Gasteiger partial charge on any atom is 0.315 e. The van der Waals surface area contributed by atoms with E-state index < -0.39 is 0 Å². The van der Waals surface area contributed by atoms with Gasteiger partial charge in [0.05, 0.1) is 6.42 Å². The van der Waals surface area contributed by atoms with E-state index in [1.807, 2.05) is 37.3 Å². The van der Waals surface area contributed by atoms with Gasteiger partial charge in [-0.2, -0.15) is 0 Å². The maximum absolute atomic E-state index is 11.1. The molecule has 0 aliphatic carbocycles. The van der Waals surface area contributed by atoms with E-state index in [0.29, 0.717) is 12.2 Å². The molecule has 0 saturated heterocycles. The molecular formula is C13H10O3. The van der Waals surface area contributed by atoms with Crippen LogP contribution in [0.2, 0.25) is 0 Å². The fourth-order valence-electron chi connectivity index (χ4n) is 1.87. The SMILES string of the molecule is Cc1ccc(-c2ccc3c(c2)CC(=O)O3)o1. The first kappa shape index (κ1) is 9.21. The molecule has 0 bridgehead atoms. The zero-order valence-corrected chi connectivity index (χ0v) is 8.82. The number of benzene rings is 1. The number of aryl methyl sites for hydroxylation is 1. The average Bonchev–Trinajstić information content (AvgIpc) is 2.81.